The van der Waals surface area contributed by atoms with Crippen LogP contribution < -0.4 is 21.3 Å². The number of carbonyl (C=O) groups excluding carboxylic acids is 10. The Bertz CT molecular complexity index is 2250. The number of esters is 3. The minimum Gasteiger partial charge on any atom is -0.463 e. The Hall–Kier alpha value is -6.09. The maximum Gasteiger partial charge on any atom is 0.408 e. The van der Waals surface area contributed by atoms with Gasteiger partial charge in [-0.3, -0.25) is 38.4 Å². The quantitative estimate of drug-likeness (QED) is 0.0388. The minimum absolute atomic E-state index is 0.0657. The van der Waals surface area contributed by atoms with Gasteiger partial charge in [0, 0.05) is 54.0 Å². The van der Waals surface area contributed by atoms with Gasteiger partial charge in [0.25, 0.3) is 0 Å². The Morgan fingerprint density at radius 2 is 1.30 bits per heavy atom. The van der Waals surface area contributed by atoms with Crippen LogP contribution in [0.15, 0.2) is 30.3 Å². The number of hydrogen-bond acceptors (Lipinski definition) is 20. The number of benzene rings is 1. The largest absolute Gasteiger partial charge is 0.463 e. The van der Waals surface area contributed by atoms with Crippen LogP contribution in [-0.4, -0.2) is 188 Å². The van der Waals surface area contributed by atoms with E-state index in [1.807, 2.05) is 44.2 Å². The number of hydrogen-bond donors (Lipinski definition) is 4. The second-order valence-electron chi connectivity index (χ2n) is 20.7. The molecule has 0 aromatic heterocycles. The molecule has 1 aromatic carbocycles. The van der Waals surface area contributed by atoms with Gasteiger partial charge in [0.15, 0.2) is 18.5 Å². The highest BCUT2D eigenvalue weighted by atomic mass is 32.2. The number of ether oxygens (including phenoxy) is 8. The molecule has 80 heavy (non-hydrogen) atoms. The zero-order chi connectivity index (χ0) is 59.1. The van der Waals surface area contributed by atoms with Gasteiger partial charge < -0.3 is 73.1 Å². The van der Waals surface area contributed by atoms with Crippen LogP contribution in [0.1, 0.15) is 126 Å². The highest BCUT2D eigenvalue weighted by molar-refractivity contribution is 7.94. The van der Waals surface area contributed by atoms with E-state index in [1.165, 1.54) is 16.7 Å². The van der Waals surface area contributed by atoms with Crippen molar-refractivity contribution in [2.45, 2.75) is 199 Å². The average molecular weight is 1150 g/mol. The molecule has 3 aliphatic heterocycles. The van der Waals surface area contributed by atoms with Gasteiger partial charge in [-0.15, -0.1) is 0 Å². The summed E-state index contributed by atoms with van der Waals surface area (Å²) in [6.07, 6.45) is -4.65. The molecule has 448 valence electrons. The lowest BCUT2D eigenvalue weighted by Gasteiger charge is -2.46. The third-order valence-electron chi connectivity index (χ3n) is 12.8. The lowest BCUT2D eigenvalue weighted by atomic mass is 9.95. The van der Waals surface area contributed by atoms with E-state index in [0.29, 0.717) is 31.4 Å². The van der Waals surface area contributed by atoms with Crippen LogP contribution in [0.25, 0.3) is 0 Å². The maximum atomic E-state index is 15.1. The van der Waals surface area contributed by atoms with Gasteiger partial charge in [-0.05, 0) is 71.8 Å². The molecule has 0 spiro atoms. The topological polar surface area (TPSA) is 308 Å². The van der Waals surface area contributed by atoms with Crippen LogP contribution in [0.3, 0.4) is 0 Å². The van der Waals surface area contributed by atoms with Crippen LogP contribution in [0.2, 0.25) is 0 Å². The smallest absolute Gasteiger partial charge is 0.408 e. The molecule has 3 heterocycles. The first-order valence-electron chi connectivity index (χ1n) is 27.2. The van der Waals surface area contributed by atoms with Crippen LogP contribution in [0, 0.1) is 0 Å². The van der Waals surface area contributed by atoms with E-state index in [2.05, 4.69) is 21.3 Å². The third kappa shape index (κ3) is 21.4. The number of rotatable bonds is 29. The molecule has 0 bridgehead atoms. The minimum atomic E-state index is -1.79. The summed E-state index contributed by atoms with van der Waals surface area (Å²) in [5, 5.41) is 10.6. The zero-order valence-corrected chi connectivity index (χ0v) is 48.4. The Kier molecular flexibility index (Phi) is 27.4. The standard InChI is InChI=1S/C54H82N6O19S/c1-11-13-26-71-28-38(49(67)60-25-19-23-41(60)51(69)79-80-31-37-20-16-15-17-21-37)56-48(66)43(58-47(65)40-22-18-24-59(40)50(68)39(29-72-27-14-12-2)57-53(70)78-54(8,9)10)32(3)74-52-44(55-33(4)61)46(76-36(7)64)45(75-35(6)63)42(77-52)30-73-34(5)62/h15-17,20-21,32,38-46,52H,11-14,18-19,22-31H2,1-10H3,(H,55,61)(H,56,66)(H,57,70)(H,58,65)/t32?,38-,39-,40?,41?,42?,43-,44?,45+,46?,52+/m0/s1. The normalized spacial score (nSPS) is 22.4. The highest BCUT2D eigenvalue weighted by Gasteiger charge is 2.53. The first-order chi connectivity index (χ1) is 37.9. The molecule has 26 heteroatoms. The molecule has 0 saturated carbocycles. The van der Waals surface area contributed by atoms with Gasteiger partial charge >= 0.3 is 30.0 Å². The number of carbonyl (C=O) groups is 10. The molecule has 0 aliphatic carbocycles. The van der Waals surface area contributed by atoms with Crippen molar-refractivity contribution in [2.24, 2.45) is 0 Å². The van der Waals surface area contributed by atoms with E-state index in [1.54, 1.807) is 20.8 Å². The molecule has 6 amide bonds. The number of nitrogens with zero attached hydrogens (tertiary/aromatic N) is 2. The van der Waals surface area contributed by atoms with Crippen LogP contribution in [0.4, 0.5) is 4.79 Å². The molecular weight excluding hydrogens is 1070 g/mol. The summed E-state index contributed by atoms with van der Waals surface area (Å²) in [6, 6.07) is 1.05. The van der Waals surface area contributed by atoms with Crippen LogP contribution in [-0.2, 0) is 91.0 Å². The molecule has 1 aromatic rings. The molecular formula is C54H82N6O19S. The van der Waals surface area contributed by atoms with Crippen molar-refractivity contribution in [3.8, 4) is 0 Å². The first kappa shape index (κ1) is 66.4. The van der Waals surface area contributed by atoms with Crippen molar-refractivity contribution in [2.75, 3.05) is 46.1 Å². The summed E-state index contributed by atoms with van der Waals surface area (Å²) >= 11 is 0.923. The fraction of sp³-hybridized carbons (Fsp3) is 0.704. The Morgan fingerprint density at radius 1 is 0.738 bits per heavy atom. The van der Waals surface area contributed by atoms with Crippen LogP contribution in [0.5, 0.6) is 0 Å². The molecule has 3 aliphatic rings. The lowest BCUT2D eigenvalue weighted by Crippen LogP contribution is -2.68. The second-order valence-corrected chi connectivity index (χ2v) is 21.4. The Labute approximate surface area is 472 Å². The molecule has 4 N–H and O–H groups in total. The summed E-state index contributed by atoms with van der Waals surface area (Å²) in [6.45, 7) is 14.1. The molecule has 11 atom stereocenters. The Morgan fingerprint density at radius 3 is 1.85 bits per heavy atom. The van der Waals surface area contributed by atoms with Gasteiger partial charge in [0.1, 0.15) is 54.6 Å². The first-order valence-corrected chi connectivity index (χ1v) is 28.1. The summed E-state index contributed by atoms with van der Waals surface area (Å²) in [4.78, 5) is 138. The van der Waals surface area contributed by atoms with Crippen LogP contribution >= 0.6 is 12.0 Å². The molecule has 4 rings (SSSR count). The SMILES string of the molecule is CCCCOC[C@H](NC(=O)OC(C)(C)C)C(=O)N1CCCC1C(=O)N[C@H](C(=O)N[C@@H](COCCCC)C(=O)N1CCCC1C(=O)OSCc1ccccc1)C(C)O[C@@H]1OC(COC(C)=O)[C@@H](OC(C)=O)C(OC(C)=O)C1NC(C)=O. The van der Waals surface area contributed by atoms with Gasteiger partial charge in [0.05, 0.1) is 37.1 Å². The van der Waals surface area contributed by atoms with Gasteiger partial charge in [-0.1, -0.05) is 57.0 Å². The molecule has 25 nitrogen and oxygen atoms in total. The Balaban J connectivity index is 1.75. The second kappa shape index (κ2) is 33.0. The van der Waals surface area contributed by atoms with E-state index < -0.39 is 139 Å². The summed E-state index contributed by atoms with van der Waals surface area (Å²) in [5.41, 5.74) is -0.00636. The number of likely N-dealkylation sites (tertiary alicyclic amines) is 2. The fourth-order valence-electron chi connectivity index (χ4n) is 9.06. The maximum absolute atomic E-state index is 15.1. The van der Waals surface area contributed by atoms with Gasteiger partial charge in [-0.2, -0.15) is 0 Å². The summed E-state index contributed by atoms with van der Waals surface area (Å²) < 4.78 is 51.9. The summed E-state index contributed by atoms with van der Waals surface area (Å²) in [7, 11) is 0. The van der Waals surface area contributed by atoms with Crippen molar-refractivity contribution in [3.63, 3.8) is 0 Å². The van der Waals surface area contributed by atoms with E-state index in [9.17, 15) is 43.2 Å². The zero-order valence-electron chi connectivity index (χ0n) is 47.6. The predicted octanol–water partition coefficient (Wildman–Crippen LogP) is 2.92. The van der Waals surface area contributed by atoms with E-state index in [4.69, 9.17) is 42.1 Å². The van der Waals surface area contributed by atoms with E-state index in [-0.39, 0.29) is 52.4 Å². The average Bonchev–Trinajstić information content (AvgIpc) is 4.19. The monoisotopic (exact) mass is 1150 g/mol. The predicted molar refractivity (Wildman–Crippen MR) is 286 cm³/mol. The van der Waals surface area contributed by atoms with Crippen molar-refractivity contribution < 1.29 is 90.0 Å². The van der Waals surface area contributed by atoms with Crippen molar-refractivity contribution in [3.05, 3.63) is 35.9 Å². The van der Waals surface area contributed by atoms with Gasteiger partial charge in [0.2, 0.25) is 29.5 Å². The van der Waals surface area contributed by atoms with E-state index in [0.717, 1.165) is 58.1 Å². The third-order valence-corrected chi connectivity index (χ3v) is 13.5. The number of alkyl carbamates (subject to hydrolysis) is 1. The molecule has 0 radical (unpaired) electrons. The lowest BCUT2D eigenvalue weighted by molar-refractivity contribution is -0.287. The number of unbranched alkanes of at least 4 members (excludes halogenated alkanes) is 2. The fourth-order valence-corrected chi connectivity index (χ4v) is 9.68. The number of nitrogens with one attached hydrogen (secondary N) is 4. The van der Waals surface area contributed by atoms with Crippen molar-refractivity contribution in [1.82, 2.24) is 31.1 Å². The summed E-state index contributed by atoms with van der Waals surface area (Å²) in [5.74, 6) is -6.71. The number of amides is 6. The van der Waals surface area contributed by atoms with E-state index >= 15 is 4.79 Å². The molecule has 6 unspecified atom stereocenters. The van der Waals surface area contributed by atoms with Gasteiger partial charge in [-0.25, -0.2) is 9.59 Å². The van der Waals surface area contributed by atoms with Crippen molar-refractivity contribution >= 4 is 71.5 Å². The molecule has 3 fully saturated rings. The molecule has 3 saturated heterocycles. The van der Waals surface area contributed by atoms with Crippen molar-refractivity contribution in [1.29, 1.82) is 0 Å². The highest BCUT2D eigenvalue weighted by Crippen LogP contribution is 2.30.